The van der Waals surface area contributed by atoms with Gasteiger partial charge in [-0.15, -0.1) is 0 Å². The molecule has 1 aromatic heterocycles. The summed E-state index contributed by atoms with van der Waals surface area (Å²) in [6.07, 6.45) is 1.57. The van der Waals surface area contributed by atoms with E-state index in [1.165, 1.54) is 10.7 Å². The van der Waals surface area contributed by atoms with Gasteiger partial charge in [0.25, 0.3) is 0 Å². The standard InChI is InChI=1S/C16H13FN4OS/c1-11-19-20-16(23)21(11)18-10-12-7-8-14(17)15(9-12)22-13-5-3-2-4-6-13/h2-10H,1H3,(H,20,23)/b18-10+. The van der Waals surface area contributed by atoms with E-state index in [-0.39, 0.29) is 5.75 Å². The van der Waals surface area contributed by atoms with E-state index in [1.54, 1.807) is 37.4 Å². The highest BCUT2D eigenvalue weighted by Crippen LogP contribution is 2.24. The number of aryl methyl sites for hydroxylation is 1. The smallest absolute Gasteiger partial charge is 0.216 e. The predicted octanol–water partition coefficient (Wildman–Crippen LogP) is 4.06. The lowest BCUT2D eigenvalue weighted by Crippen LogP contribution is -1.95. The molecule has 116 valence electrons. The number of nitrogens with zero attached hydrogens (tertiary/aromatic N) is 3. The van der Waals surface area contributed by atoms with Gasteiger partial charge in [-0.2, -0.15) is 14.9 Å². The van der Waals surface area contributed by atoms with Gasteiger partial charge in [0.15, 0.2) is 11.6 Å². The van der Waals surface area contributed by atoms with Gasteiger partial charge in [0.05, 0.1) is 6.21 Å². The fourth-order valence-corrected chi connectivity index (χ4v) is 2.15. The molecule has 5 nitrogen and oxygen atoms in total. The SMILES string of the molecule is Cc1n[nH]c(=S)n1/N=C/c1ccc(F)c(Oc2ccccc2)c1. The van der Waals surface area contributed by atoms with Crippen LogP contribution in [0.15, 0.2) is 53.6 Å². The van der Waals surface area contributed by atoms with Crippen LogP contribution in [-0.4, -0.2) is 21.1 Å². The summed E-state index contributed by atoms with van der Waals surface area (Å²) in [5.74, 6) is 0.886. The first kappa shape index (κ1) is 15.1. The Morgan fingerprint density at radius 1 is 1.26 bits per heavy atom. The molecule has 0 aliphatic heterocycles. The van der Waals surface area contributed by atoms with Gasteiger partial charge >= 0.3 is 0 Å². The van der Waals surface area contributed by atoms with Crippen LogP contribution < -0.4 is 4.74 Å². The number of hydrogen-bond acceptors (Lipinski definition) is 4. The maximum Gasteiger partial charge on any atom is 0.216 e. The number of benzene rings is 2. The van der Waals surface area contributed by atoms with Crippen molar-refractivity contribution in [1.82, 2.24) is 14.9 Å². The molecule has 0 spiro atoms. The molecule has 2 aromatic carbocycles. The highest BCUT2D eigenvalue weighted by Gasteiger charge is 2.06. The first-order chi connectivity index (χ1) is 11.1. The minimum absolute atomic E-state index is 0.132. The van der Waals surface area contributed by atoms with Crippen molar-refractivity contribution < 1.29 is 9.13 Å². The molecule has 1 N–H and O–H groups in total. The molecule has 0 aliphatic rings. The highest BCUT2D eigenvalue weighted by molar-refractivity contribution is 7.71. The minimum atomic E-state index is -0.442. The van der Waals surface area contributed by atoms with Gasteiger partial charge in [-0.05, 0) is 49.0 Å². The normalized spacial score (nSPS) is 11.0. The van der Waals surface area contributed by atoms with Gasteiger partial charge in [-0.1, -0.05) is 24.3 Å². The Bertz CT molecular complexity index is 902. The molecule has 0 saturated carbocycles. The molecule has 0 amide bonds. The zero-order valence-electron chi connectivity index (χ0n) is 12.2. The lowest BCUT2D eigenvalue weighted by Gasteiger charge is -2.07. The molecular weight excluding hydrogens is 315 g/mol. The van der Waals surface area contributed by atoms with Crippen molar-refractivity contribution in [2.75, 3.05) is 0 Å². The zero-order chi connectivity index (χ0) is 16.2. The first-order valence-corrected chi connectivity index (χ1v) is 7.25. The summed E-state index contributed by atoms with van der Waals surface area (Å²) in [6, 6.07) is 13.5. The molecule has 0 unspecified atom stereocenters. The average Bonchev–Trinajstić information content (AvgIpc) is 2.88. The lowest BCUT2D eigenvalue weighted by molar-refractivity contribution is 0.442. The van der Waals surface area contributed by atoms with E-state index in [2.05, 4.69) is 15.3 Å². The minimum Gasteiger partial charge on any atom is -0.454 e. The summed E-state index contributed by atoms with van der Waals surface area (Å²) in [7, 11) is 0. The van der Waals surface area contributed by atoms with Crippen LogP contribution in [0, 0.1) is 17.5 Å². The second-order valence-corrected chi connectivity index (χ2v) is 5.12. The molecule has 0 atom stereocenters. The largest absolute Gasteiger partial charge is 0.454 e. The molecular formula is C16H13FN4OS. The average molecular weight is 328 g/mol. The lowest BCUT2D eigenvalue weighted by atomic mass is 10.2. The van der Waals surface area contributed by atoms with E-state index < -0.39 is 5.82 Å². The van der Waals surface area contributed by atoms with Crippen molar-refractivity contribution >= 4 is 18.4 Å². The van der Waals surface area contributed by atoms with Crippen molar-refractivity contribution in [3.8, 4) is 11.5 Å². The van der Waals surface area contributed by atoms with Crippen LogP contribution in [0.4, 0.5) is 4.39 Å². The zero-order valence-corrected chi connectivity index (χ0v) is 13.0. The van der Waals surface area contributed by atoms with Gasteiger partial charge in [-0.3, -0.25) is 5.10 Å². The van der Waals surface area contributed by atoms with Gasteiger partial charge in [0.2, 0.25) is 4.77 Å². The van der Waals surface area contributed by atoms with E-state index in [0.717, 1.165) is 0 Å². The van der Waals surface area contributed by atoms with Crippen LogP contribution >= 0.6 is 12.2 Å². The Labute approximate surface area is 137 Å². The quantitative estimate of drug-likeness (QED) is 0.580. The number of ether oxygens (including phenoxy) is 1. The molecule has 1 heterocycles. The highest BCUT2D eigenvalue weighted by atomic mass is 32.1. The van der Waals surface area contributed by atoms with Crippen molar-refractivity contribution in [3.05, 3.63) is 70.5 Å². The van der Waals surface area contributed by atoms with Crippen LogP contribution in [0.5, 0.6) is 11.5 Å². The number of rotatable bonds is 4. The number of aromatic nitrogens is 3. The number of aromatic amines is 1. The van der Waals surface area contributed by atoms with Crippen LogP contribution in [0.1, 0.15) is 11.4 Å². The monoisotopic (exact) mass is 328 g/mol. The summed E-state index contributed by atoms with van der Waals surface area (Å²) in [4.78, 5) is 0. The summed E-state index contributed by atoms with van der Waals surface area (Å²) in [5, 5.41) is 10.8. The third kappa shape index (κ3) is 3.51. The van der Waals surface area contributed by atoms with Gasteiger partial charge < -0.3 is 4.74 Å². The Balaban J connectivity index is 1.87. The second kappa shape index (κ2) is 6.53. The third-order valence-electron chi connectivity index (χ3n) is 3.06. The van der Waals surface area contributed by atoms with E-state index in [4.69, 9.17) is 17.0 Å². The second-order valence-electron chi connectivity index (χ2n) is 4.74. The van der Waals surface area contributed by atoms with Crippen LogP contribution in [0.25, 0.3) is 0 Å². The van der Waals surface area contributed by atoms with Gasteiger partial charge in [0, 0.05) is 0 Å². The first-order valence-electron chi connectivity index (χ1n) is 6.84. The van der Waals surface area contributed by atoms with E-state index in [9.17, 15) is 4.39 Å². The summed E-state index contributed by atoms with van der Waals surface area (Å²) in [6.45, 7) is 1.78. The van der Waals surface area contributed by atoms with E-state index in [1.807, 2.05) is 18.2 Å². The fourth-order valence-electron chi connectivity index (χ4n) is 1.92. The summed E-state index contributed by atoms with van der Waals surface area (Å²) in [5.41, 5.74) is 0.680. The molecule has 0 radical (unpaired) electrons. The Morgan fingerprint density at radius 3 is 2.74 bits per heavy atom. The summed E-state index contributed by atoms with van der Waals surface area (Å²) < 4.78 is 21.3. The Hall–Kier alpha value is -2.80. The topological polar surface area (TPSA) is 55.2 Å². The van der Waals surface area contributed by atoms with Gasteiger partial charge in [0.1, 0.15) is 11.6 Å². The van der Waals surface area contributed by atoms with Crippen LogP contribution in [0.3, 0.4) is 0 Å². The molecule has 0 fully saturated rings. The third-order valence-corrected chi connectivity index (χ3v) is 3.33. The molecule has 3 aromatic rings. The number of halogens is 1. The van der Waals surface area contributed by atoms with E-state index >= 15 is 0 Å². The Morgan fingerprint density at radius 2 is 2.04 bits per heavy atom. The summed E-state index contributed by atoms with van der Waals surface area (Å²) >= 11 is 5.07. The maximum atomic E-state index is 13.9. The number of hydrogen-bond donors (Lipinski definition) is 1. The Kier molecular flexibility index (Phi) is 4.29. The molecule has 0 bridgehead atoms. The van der Waals surface area contributed by atoms with Crippen molar-refractivity contribution in [2.45, 2.75) is 6.92 Å². The molecule has 0 saturated heterocycles. The molecule has 0 aliphatic carbocycles. The number of H-pyrrole nitrogens is 1. The molecule has 23 heavy (non-hydrogen) atoms. The van der Waals surface area contributed by atoms with Gasteiger partial charge in [-0.25, -0.2) is 4.39 Å². The molecule has 7 heteroatoms. The van der Waals surface area contributed by atoms with Crippen LogP contribution in [-0.2, 0) is 0 Å². The maximum absolute atomic E-state index is 13.9. The number of nitrogens with one attached hydrogen (secondary N) is 1. The van der Waals surface area contributed by atoms with Crippen molar-refractivity contribution in [3.63, 3.8) is 0 Å². The van der Waals surface area contributed by atoms with E-state index in [0.29, 0.717) is 21.9 Å². The predicted molar refractivity (Wildman–Crippen MR) is 88.1 cm³/mol. The van der Waals surface area contributed by atoms with Crippen molar-refractivity contribution in [2.24, 2.45) is 5.10 Å². The van der Waals surface area contributed by atoms with Crippen LogP contribution in [0.2, 0.25) is 0 Å². The number of para-hydroxylation sites is 1. The van der Waals surface area contributed by atoms with Crippen molar-refractivity contribution in [1.29, 1.82) is 0 Å². The fraction of sp³-hybridized carbons (Fsp3) is 0.0625. The molecule has 3 rings (SSSR count).